The average molecular weight is 751 g/mol. The lowest BCUT2D eigenvalue weighted by atomic mass is 10.0. The Morgan fingerprint density at radius 2 is 0.623 bits per heavy atom. The molecule has 0 radical (unpaired) electrons. The molecule has 0 rings (SSSR count). The van der Waals surface area contributed by atoms with Gasteiger partial charge in [0.25, 0.3) is 0 Å². The molecule has 0 aliphatic carbocycles. The second-order valence-corrected chi connectivity index (χ2v) is 17.0. The lowest BCUT2D eigenvalue weighted by molar-refractivity contribution is -0.167. The maximum Gasteiger partial charge on any atom is 0.306 e. The Hall–Kier alpha value is -1.59. The van der Waals surface area contributed by atoms with Crippen LogP contribution < -0.4 is 0 Å². The number of carbonyl (C=O) groups is 3. The van der Waals surface area contributed by atoms with Crippen LogP contribution in [0.15, 0.2) is 0 Å². The minimum Gasteiger partial charge on any atom is -0.462 e. The van der Waals surface area contributed by atoms with E-state index in [2.05, 4.69) is 34.6 Å². The largest absolute Gasteiger partial charge is 0.462 e. The molecule has 0 heterocycles. The standard InChI is InChI=1S/C47H90O6/c1-6-7-8-9-20-29-34-39-47(50)53-44(41-52-46(49)38-33-28-24-19-22-26-31-36-43(4)5)40-51-45(48)37-32-27-23-18-16-14-12-10-11-13-15-17-21-25-30-35-42(2)3/h42-44H,6-41H2,1-5H3/t44-/m0/s1. The van der Waals surface area contributed by atoms with Gasteiger partial charge in [0.15, 0.2) is 6.10 Å². The van der Waals surface area contributed by atoms with Gasteiger partial charge in [0.05, 0.1) is 0 Å². The van der Waals surface area contributed by atoms with Gasteiger partial charge in [0.2, 0.25) is 0 Å². The number of hydrogen-bond donors (Lipinski definition) is 0. The zero-order valence-corrected chi connectivity index (χ0v) is 36.1. The van der Waals surface area contributed by atoms with E-state index in [1.807, 2.05) is 0 Å². The summed E-state index contributed by atoms with van der Waals surface area (Å²) >= 11 is 0. The van der Waals surface area contributed by atoms with Gasteiger partial charge in [-0.05, 0) is 31.1 Å². The van der Waals surface area contributed by atoms with Crippen molar-refractivity contribution in [2.24, 2.45) is 11.8 Å². The number of carbonyl (C=O) groups excluding carboxylic acids is 3. The van der Waals surface area contributed by atoms with E-state index < -0.39 is 6.10 Å². The fourth-order valence-corrected chi connectivity index (χ4v) is 6.93. The summed E-state index contributed by atoms with van der Waals surface area (Å²) in [6, 6.07) is 0. The first-order valence-electron chi connectivity index (χ1n) is 23.2. The summed E-state index contributed by atoms with van der Waals surface area (Å²) in [6.07, 6.45) is 38.3. The van der Waals surface area contributed by atoms with E-state index in [1.54, 1.807) is 0 Å². The summed E-state index contributed by atoms with van der Waals surface area (Å²) in [5, 5.41) is 0. The maximum absolute atomic E-state index is 12.6. The summed E-state index contributed by atoms with van der Waals surface area (Å²) in [7, 11) is 0. The van der Waals surface area contributed by atoms with Crippen LogP contribution in [0.3, 0.4) is 0 Å². The van der Waals surface area contributed by atoms with Crippen molar-refractivity contribution in [3.05, 3.63) is 0 Å². The number of ether oxygens (including phenoxy) is 3. The molecule has 1 atom stereocenters. The predicted octanol–water partition coefficient (Wildman–Crippen LogP) is 14.6. The molecule has 0 aliphatic heterocycles. The summed E-state index contributed by atoms with van der Waals surface area (Å²) in [4.78, 5) is 37.6. The lowest BCUT2D eigenvalue weighted by Gasteiger charge is -2.18. The van der Waals surface area contributed by atoms with Crippen LogP contribution in [0, 0.1) is 11.8 Å². The first-order valence-corrected chi connectivity index (χ1v) is 23.2. The minimum absolute atomic E-state index is 0.0655. The highest BCUT2D eigenvalue weighted by Gasteiger charge is 2.19. The van der Waals surface area contributed by atoms with Crippen molar-refractivity contribution in [2.45, 2.75) is 259 Å². The van der Waals surface area contributed by atoms with Crippen molar-refractivity contribution < 1.29 is 28.6 Å². The maximum atomic E-state index is 12.6. The molecule has 0 amide bonds. The molecular weight excluding hydrogens is 661 g/mol. The van der Waals surface area contributed by atoms with E-state index in [0.29, 0.717) is 19.3 Å². The van der Waals surface area contributed by atoms with Gasteiger partial charge in [-0.3, -0.25) is 14.4 Å². The Labute approximate surface area is 329 Å². The van der Waals surface area contributed by atoms with Crippen molar-refractivity contribution in [1.82, 2.24) is 0 Å². The average Bonchev–Trinajstić information content (AvgIpc) is 3.12. The Morgan fingerprint density at radius 3 is 0.925 bits per heavy atom. The van der Waals surface area contributed by atoms with Gasteiger partial charge in [-0.25, -0.2) is 0 Å². The van der Waals surface area contributed by atoms with Gasteiger partial charge >= 0.3 is 17.9 Å². The fraction of sp³-hybridized carbons (Fsp3) is 0.936. The second-order valence-electron chi connectivity index (χ2n) is 17.0. The molecule has 0 aromatic rings. The van der Waals surface area contributed by atoms with Crippen molar-refractivity contribution in [3.8, 4) is 0 Å². The Balaban J connectivity index is 4.16. The molecule has 6 heteroatoms. The smallest absolute Gasteiger partial charge is 0.306 e. The zero-order valence-electron chi connectivity index (χ0n) is 36.1. The molecule has 0 aromatic carbocycles. The number of hydrogen-bond acceptors (Lipinski definition) is 6. The number of unbranched alkanes of at least 4 members (excludes halogenated alkanes) is 26. The normalized spacial score (nSPS) is 12.1. The minimum atomic E-state index is -0.759. The van der Waals surface area contributed by atoms with Crippen LogP contribution in [-0.2, 0) is 28.6 Å². The highest BCUT2D eigenvalue weighted by Crippen LogP contribution is 2.17. The second kappa shape index (κ2) is 40.1. The summed E-state index contributed by atoms with van der Waals surface area (Å²) < 4.78 is 16.7. The van der Waals surface area contributed by atoms with E-state index in [9.17, 15) is 14.4 Å². The molecule has 0 N–H and O–H groups in total. The highest BCUT2D eigenvalue weighted by atomic mass is 16.6. The van der Waals surface area contributed by atoms with Gasteiger partial charge in [0, 0.05) is 19.3 Å². The Bertz CT molecular complexity index is 809. The highest BCUT2D eigenvalue weighted by molar-refractivity contribution is 5.71. The molecular formula is C47H90O6. The monoisotopic (exact) mass is 751 g/mol. The van der Waals surface area contributed by atoms with Crippen molar-refractivity contribution >= 4 is 17.9 Å². The topological polar surface area (TPSA) is 78.9 Å². The lowest BCUT2D eigenvalue weighted by Crippen LogP contribution is -2.30. The van der Waals surface area contributed by atoms with Crippen LogP contribution in [0.5, 0.6) is 0 Å². The molecule has 0 saturated heterocycles. The molecule has 0 fully saturated rings. The van der Waals surface area contributed by atoms with Crippen LogP contribution in [0.4, 0.5) is 0 Å². The van der Waals surface area contributed by atoms with Gasteiger partial charge in [-0.15, -0.1) is 0 Å². The molecule has 0 spiro atoms. The van der Waals surface area contributed by atoms with Crippen molar-refractivity contribution in [3.63, 3.8) is 0 Å². The van der Waals surface area contributed by atoms with E-state index in [-0.39, 0.29) is 31.1 Å². The fourth-order valence-electron chi connectivity index (χ4n) is 6.93. The molecule has 0 unspecified atom stereocenters. The first-order chi connectivity index (χ1) is 25.7. The molecule has 314 valence electrons. The van der Waals surface area contributed by atoms with Crippen LogP contribution in [0.25, 0.3) is 0 Å². The van der Waals surface area contributed by atoms with E-state index in [1.165, 1.54) is 141 Å². The summed E-state index contributed by atoms with van der Waals surface area (Å²) in [6.45, 7) is 11.3. The third-order valence-electron chi connectivity index (χ3n) is 10.5. The number of rotatable bonds is 41. The van der Waals surface area contributed by atoms with E-state index >= 15 is 0 Å². The van der Waals surface area contributed by atoms with Crippen molar-refractivity contribution in [2.75, 3.05) is 13.2 Å². The van der Waals surface area contributed by atoms with E-state index in [0.717, 1.165) is 69.6 Å². The van der Waals surface area contributed by atoms with Gasteiger partial charge < -0.3 is 14.2 Å². The molecule has 0 aliphatic rings. The van der Waals surface area contributed by atoms with Crippen LogP contribution in [0.1, 0.15) is 253 Å². The van der Waals surface area contributed by atoms with Crippen LogP contribution in [0.2, 0.25) is 0 Å². The first kappa shape index (κ1) is 51.4. The van der Waals surface area contributed by atoms with Gasteiger partial charge in [-0.2, -0.15) is 0 Å². The Morgan fingerprint density at radius 1 is 0.358 bits per heavy atom. The quantitative estimate of drug-likeness (QED) is 0.0352. The predicted molar refractivity (Wildman–Crippen MR) is 224 cm³/mol. The van der Waals surface area contributed by atoms with Crippen LogP contribution >= 0.6 is 0 Å². The number of esters is 3. The molecule has 0 aromatic heterocycles. The summed E-state index contributed by atoms with van der Waals surface area (Å²) in [5.74, 6) is 0.766. The third-order valence-corrected chi connectivity index (χ3v) is 10.5. The third kappa shape index (κ3) is 41.4. The molecule has 6 nitrogen and oxygen atoms in total. The van der Waals surface area contributed by atoms with Crippen LogP contribution in [-0.4, -0.2) is 37.2 Å². The van der Waals surface area contributed by atoms with Gasteiger partial charge in [-0.1, -0.05) is 214 Å². The molecule has 53 heavy (non-hydrogen) atoms. The SMILES string of the molecule is CCCCCCCCCC(=O)O[C@@H](COC(=O)CCCCCCCCCCCCCCCCCC(C)C)COC(=O)CCCCCCCCCC(C)C. The van der Waals surface area contributed by atoms with Crippen molar-refractivity contribution in [1.29, 1.82) is 0 Å². The van der Waals surface area contributed by atoms with Gasteiger partial charge in [0.1, 0.15) is 13.2 Å². The summed E-state index contributed by atoms with van der Waals surface area (Å²) in [5.41, 5.74) is 0. The Kier molecular flexibility index (Phi) is 38.9. The zero-order chi connectivity index (χ0) is 39.0. The molecule has 0 bridgehead atoms. The molecule has 0 saturated carbocycles. The van der Waals surface area contributed by atoms with E-state index in [4.69, 9.17) is 14.2 Å².